The molecular formula is C35H32N4O4. The molecule has 3 aromatic carbocycles. The molecule has 0 bridgehead atoms. The van der Waals surface area contributed by atoms with E-state index in [9.17, 15) is 9.59 Å². The lowest BCUT2D eigenvalue weighted by Gasteiger charge is -2.23. The second kappa shape index (κ2) is 11.9. The molecule has 2 amide bonds. The lowest BCUT2D eigenvalue weighted by Crippen LogP contribution is -2.31. The number of rotatable bonds is 7. The standard InChI is InChI=1S/C35H32N4O4/c1-37(21-24-8-7-17-36-20-24)35(41)32-16-14-28-23-39(31-12-5-4-9-27(31)22-38(28)32)34(40)26-13-15-30(33(19-26)43-3)25-10-6-11-29(18-25)42-2/h4-20H,21-23H2,1-3H3. The van der Waals surface area contributed by atoms with E-state index in [0.717, 1.165) is 39.4 Å². The van der Waals surface area contributed by atoms with Gasteiger partial charge in [-0.2, -0.15) is 0 Å². The SMILES string of the molecule is COc1cccc(-c2ccc(C(=O)N3Cc4ccc(C(=O)N(C)Cc5cccnc5)n4Cc4ccccc43)cc2OC)c1. The van der Waals surface area contributed by atoms with Crippen molar-refractivity contribution >= 4 is 17.5 Å². The topological polar surface area (TPSA) is 76.9 Å². The first-order chi connectivity index (χ1) is 21.0. The van der Waals surface area contributed by atoms with E-state index in [0.29, 0.717) is 36.6 Å². The summed E-state index contributed by atoms with van der Waals surface area (Å²) in [6.07, 6.45) is 3.48. The molecule has 0 saturated carbocycles. The van der Waals surface area contributed by atoms with Crippen molar-refractivity contribution in [2.75, 3.05) is 26.2 Å². The Bertz CT molecular complexity index is 1800. The predicted molar refractivity (Wildman–Crippen MR) is 166 cm³/mol. The van der Waals surface area contributed by atoms with Gasteiger partial charge in [0.1, 0.15) is 17.2 Å². The third-order valence-corrected chi connectivity index (χ3v) is 7.78. The third kappa shape index (κ3) is 5.47. The molecule has 8 nitrogen and oxygen atoms in total. The zero-order chi connectivity index (χ0) is 29.9. The summed E-state index contributed by atoms with van der Waals surface area (Å²) in [5.41, 5.74) is 6.48. The van der Waals surface area contributed by atoms with Crippen LogP contribution >= 0.6 is 0 Å². The third-order valence-electron chi connectivity index (χ3n) is 7.78. The summed E-state index contributed by atoms with van der Waals surface area (Å²) in [6, 6.07) is 28.7. The van der Waals surface area contributed by atoms with Crippen molar-refractivity contribution in [3.05, 3.63) is 131 Å². The maximum atomic E-state index is 14.2. The molecular weight excluding hydrogens is 540 g/mol. The number of anilines is 1. The van der Waals surface area contributed by atoms with Crippen molar-refractivity contribution in [1.29, 1.82) is 0 Å². The molecule has 0 saturated heterocycles. The summed E-state index contributed by atoms with van der Waals surface area (Å²) in [4.78, 5) is 35.4. The van der Waals surface area contributed by atoms with Crippen LogP contribution in [0.1, 0.15) is 37.7 Å². The number of ether oxygens (including phenoxy) is 2. The average molecular weight is 573 g/mol. The molecule has 8 heteroatoms. The van der Waals surface area contributed by atoms with E-state index in [2.05, 4.69) is 4.98 Å². The maximum absolute atomic E-state index is 14.2. The molecule has 0 unspecified atom stereocenters. The van der Waals surface area contributed by atoms with E-state index < -0.39 is 0 Å². The van der Waals surface area contributed by atoms with Gasteiger partial charge in [-0.25, -0.2) is 0 Å². The molecule has 0 N–H and O–H groups in total. The van der Waals surface area contributed by atoms with Crippen LogP contribution in [0.25, 0.3) is 11.1 Å². The smallest absolute Gasteiger partial charge is 0.270 e. The van der Waals surface area contributed by atoms with E-state index in [1.807, 2.05) is 89.5 Å². The van der Waals surface area contributed by atoms with Crippen LogP contribution in [0.2, 0.25) is 0 Å². The Hall–Kier alpha value is -5.37. The van der Waals surface area contributed by atoms with Gasteiger partial charge in [0.25, 0.3) is 11.8 Å². The number of carbonyl (C=O) groups excluding carboxylic acids is 2. The number of fused-ring (bicyclic) bond motifs is 2. The van der Waals surface area contributed by atoms with Gasteiger partial charge >= 0.3 is 0 Å². The molecule has 1 aliphatic heterocycles. The molecule has 216 valence electrons. The van der Waals surface area contributed by atoms with E-state index in [4.69, 9.17) is 9.47 Å². The molecule has 0 aliphatic carbocycles. The molecule has 43 heavy (non-hydrogen) atoms. The van der Waals surface area contributed by atoms with Gasteiger partial charge < -0.3 is 23.8 Å². The number of pyridine rings is 1. The number of nitrogens with zero attached hydrogens (tertiary/aromatic N) is 4. The van der Waals surface area contributed by atoms with Gasteiger partial charge in [0.15, 0.2) is 0 Å². The number of aromatic nitrogens is 2. The number of methoxy groups -OCH3 is 2. The number of hydrogen-bond acceptors (Lipinski definition) is 5. The fourth-order valence-corrected chi connectivity index (χ4v) is 5.57. The highest BCUT2D eigenvalue weighted by molar-refractivity contribution is 6.07. The van der Waals surface area contributed by atoms with Crippen LogP contribution in [0, 0.1) is 0 Å². The van der Waals surface area contributed by atoms with Gasteiger partial charge in [-0.3, -0.25) is 14.6 Å². The highest BCUT2D eigenvalue weighted by Gasteiger charge is 2.28. The summed E-state index contributed by atoms with van der Waals surface area (Å²) >= 11 is 0. The quantitative estimate of drug-likeness (QED) is 0.237. The molecule has 0 radical (unpaired) electrons. The molecule has 2 aromatic heterocycles. The second-order valence-electron chi connectivity index (χ2n) is 10.5. The highest BCUT2D eigenvalue weighted by atomic mass is 16.5. The molecule has 6 rings (SSSR count). The first kappa shape index (κ1) is 27.8. The summed E-state index contributed by atoms with van der Waals surface area (Å²) in [6.45, 7) is 1.24. The Morgan fingerprint density at radius 1 is 0.884 bits per heavy atom. The van der Waals surface area contributed by atoms with E-state index in [1.165, 1.54) is 0 Å². The molecule has 0 spiro atoms. The Kier molecular flexibility index (Phi) is 7.66. The van der Waals surface area contributed by atoms with Gasteiger partial charge in [0.05, 0.1) is 27.3 Å². The zero-order valence-corrected chi connectivity index (χ0v) is 24.4. The van der Waals surface area contributed by atoms with E-state index in [1.54, 1.807) is 49.5 Å². The number of carbonyl (C=O) groups is 2. The molecule has 3 heterocycles. The fourth-order valence-electron chi connectivity index (χ4n) is 5.57. The van der Waals surface area contributed by atoms with Gasteiger partial charge in [0.2, 0.25) is 0 Å². The average Bonchev–Trinajstić information content (AvgIpc) is 3.36. The first-order valence-electron chi connectivity index (χ1n) is 14.0. The Morgan fingerprint density at radius 3 is 2.53 bits per heavy atom. The lowest BCUT2D eigenvalue weighted by atomic mass is 10.0. The van der Waals surface area contributed by atoms with Gasteiger partial charge in [0, 0.05) is 48.5 Å². The van der Waals surface area contributed by atoms with Crippen LogP contribution in [0.4, 0.5) is 5.69 Å². The fraction of sp³-hybridized carbons (Fsp3) is 0.171. The first-order valence-corrected chi connectivity index (χ1v) is 14.0. The summed E-state index contributed by atoms with van der Waals surface area (Å²) < 4.78 is 13.1. The van der Waals surface area contributed by atoms with Gasteiger partial charge in [-0.1, -0.05) is 36.4 Å². The van der Waals surface area contributed by atoms with Crippen molar-refractivity contribution in [3.63, 3.8) is 0 Å². The molecule has 5 aromatic rings. The largest absolute Gasteiger partial charge is 0.497 e. The van der Waals surface area contributed by atoms with Gasteiger partial charge in [-0.15, -0.1) is 0 Å². The number of hydrogen-bond donors (Lipinski definition) is 0. The van der Waals surface area contributed by atoms with Crippen LogP contribution in [0.3, 0.4) is 0 Å². The molecule has 0 atom stereocenters. The number of benzene rings is 3. The van der Waals surface area contributed by atoms with Crippen LogP contribution in [-0.4, -0.2) is 47.5 Å². The van der Waals surface area contributed by atoms with Crippen molar-refractivity contribution in [3.8, 4) is 22.6 Å². The maximum Gasteiger partial charge on any atom is 0.270 e. The summed E-state index contributed by atoms with van der Waals surface area (Å²) in [5.74, 6) is 1.09. The highest BCUT2D eigenvalue weighted by Crippen LogP contribution is 2.35. The molecule has 1 aliphatic rings. The predicted octanol–water partition coefficient (Wildman–Crippen LogP) is 6.05. The van der Waals surface area contributed by atoms with Crippen LogP contribution in [-0.2, 0) is 19.6 Å². The van der Waals surface area contributed by atoms with Crippen molar-refractivity contribution < 1.29 is 19.1 Å². The van der Waals surface area contributed by atoms with E-state index in [-0.39, 0.29) is 11.8 Å². The monoisotopic (exact) mass is 572 g/mol. The zero-order valence-electron chi connectivity index (χ0n) is 24.4. The molecule has 0 fully saturated rings. The number of amides is 2. The minimum absolute atomic E-state index is 0.0924. The van der Waals surface area contributed by atoms with Crippen LogP contribution in [0.15, 0.2) is 103 Å². The Balaban J connectivity index is 1.32. The van der Waals surface area contributed by atoms with Gasteiger partial charge in [-0.05, 0) is 71.3 Å². The van der Waals surface area contributed by atoms with Crippen molar-refractivity contribution in [1.82, 2.24) is 14.5 Å². The van der Waals surface area contributed by atoms with Crippen LogP contribution < -0.4 is 14.4 Å². The minimum Gasteiger partial charge on any atom is -0.497 e. The number of para-hydroxylation sites is 1. The Morgan fingerprint density at radius 2 is 1.74 bits per heavy atom. The van der Waals surface area contributed by atoms with Crippen molar-refractivity contribution in [2.45, 2.75) is 19.6 Å². The van der Waals surface area contributed by atoms with Crippen molar-refractivity contribution in [2.24, 2.45) is 0 Å². The summed E-state index contributed by atoms with van der Waals surface area (Å²) in [5, 5.41) is 0. The lowest BCUT2D eigenvalue weighted by molar-refractivity contribution is 0.0774. The minimum atomic E-state index is -0.154. The summed E-state index contributed by atoms with van der Waals surface area (Å²) in [7, 11) is 5.02. The Labute approximate surface area is 250 Å². The van der Waals surface area contributed by atoms with E-state index >= 15 is 0 Å². The van der Waals surface area contributed by atoms with Crippen LogP contribution in [0.5, 0.6) is 11.5 Å². The second-order valence-corrected chi connectivity index (χ2v) is 10.5. The normalized spacial score (nSPS) is 12.1.